The van der Waals surface area contributed by atoms with Crippen molar-refractivity contribution in [2.75, 3.05) is 0 Å². The highest BCUT2D eigenvalue weighted by atomic mass is 16.4. The number of carbonyl (C=O) groups is 4. The van der Waals surface area contributed by atoms with E-state index >= 15 is 0 Å². The molecule has 0 spiro atoms. The summed E-state index contributed by atoms with van der Waals surface area (Å²) in [6.07, 6.45) is 2.95. The molecule has 0 heterocycles. The molecule has 0 aromatic rings. The highest BCUT2D eigenvalue weighted by Crippen LogP contribution is 2.08. The summed E-state index contributed by atoms with van der Waals surface area (Å²) in [5.74, 6) is -2.46. The third-order valence-corrected chi connectivity index (χ3v) is 2.63. The Balaban J connectivity index is 3.47. The average Bonchev–Trinajstić information content (AvgIpc) is 2.29. The van der Waals surface area contributed by atoms with Gasteiger partial charge in [0.25, 0.3) is 0 Å². The molecule has 6 nitrogen and oxygen atoms in total. The van der Waals surface area contributed by atoms with Gasteiger partial charge in [0.1, 0.15) is 18.0 Å². The zero-order chi connectivity index (χ0) is 14.7. The topological polar surface area (TPSA) is 109 Å². The van der Waals surface area contributed by atoms with E-state index in [2.05, 4.69) is 0 Å². The van der Waals surface area contributed by atoms with Gasteiger partial charge < -0.3 is 10.2 Å². The Morgan fingerprint density at radius 2 is 1.11 bits per heavy atom. The maximum atomic E-state index is 11.4. The van der Waals surface area contributed by atoms with Crippen LogP contribution in [0.25, 0.3) is 0 Å². The minimum Gasteiger partial charge on any atom is -0.481 e. The van der Waals surface area contributed by atoms with Crippen molar-refractivity contribution < 1.29 is 29.4 Å². The van der Waals surface area contributed by atoms with Gasteiger partial charge in [-0.3, -0.25) is 19.2 Å². The lowest BCUT2D eigenvalue weighted by Gasteiger charge is -2.01. The maximum absolute atomic E-state index is 11.4. The molecule has 108 valence electrons. The highest BCUT2D eigenvalue weighted by Gasteiger charge is 2.10. The lowest BCUT2D eigenvalue weighted by Crippen LogP contribution is -2.09. The Morgan fingerprint density at radius 1 is 0.579 bits per heavy atom. The van der Waals surface area contributed by atoms with Crippen molar-refractivity contribution in [2.24, 2.45) is 0 Å². The van der Waals surface area contributed by atoms with E-state index in [9.17, 15) is 19.2 Å². The summed E-state index contributed by atoms with van der Waals surface area (Å²) in [5.41, 5.74) is 0. The minimum absolute atomic E-state index is 0.00977. The smallest absolute Gasteiger partial charge is 0.310 e. The second-order valence-corrected chi connectivity index (χ2v) is 4.46. The van der Waals surface area contributed by atoms with Gasteiger partial charge in [0.15, 0.2) is 0 Å². The summed E-state index contributed by atoms with van der Waals surface area (Å²) in [6, 6.07) is 0. The Bertz CT molecular complexity index is 334. The molecule has 0 saturated carbocycles. The zero-order valence-corrected chi connectivity index (χ0v) is 10.9. The van der Waals surface area contributed by atoms with Gasteiger partial charge in [-0.1, -0.05) is 12.8 Å². The number of rotatable bonds is 12. The number of aliphatic carboxylic acids is 2. The van der Waals surface area contributed by atoms with Crippen molar-refractivity contribution >= 4 is 23.5 Å². The molecule has 0 aliphatic rings. The van der Waals surface area contributed by atoms with Crippen LogP contribution in [0, 0.1) is 0 Å². The Morgan fingerprint density at radius 3 is 1.63 bits per heavy atom. The second kappa shape index (κ2) is 10.2. The first-order chi connectivity index (χ1) is 8.91. The number of carboxylic acid groups (broad SMARTS) is 2. The normalized spacial score (nSPS) is 10.1. The summed E-state index contributed by atoms with van der Waals surface area (Å²) in [6.45, 7) is 0. The van der Waals surface area contributed by atoms with Crippen molar-refractivity contribution in [1.29, 1.82) is 0 Å². The van der Waals surface area contributed by atoms with Crippen molar-refractivity contribution in [3.8, 4) is 0 Å². The van der Waals surface area contributed by atoms with E-state index in [1.807, 2.05) is 0 Å². The third kappa shape index (κ3) is 12.5. The second-order valence-electron chi connectivity index (χ2n) is 4.46. The molecule has 0 radical (unpaired) electrons. The minimum atomic E-state index is -1.17. The molecule has 19 heavy (non-hydrogen) atoms. The molecule has 0 aromatic carbocycles. The van der Waals surface area contributed by atoms with Crippen LogP contribution in [0.2, 0.25) is 0 Å². The average molecular weight is 272 g/mol. The fourth-order valence-corrected chi connectivity index (χ4v) is 1.61. The predicted octanol–water partition coefficient (Wildman–Crippen LogP) is 1.80. The van der Waals surface area contributed by atoms with E-state index in [1.54, 1.807) is 0 Å². The van der Waals surface area contributed by atoms with E-state index in [0.29, 0.717) is 19.3 Å². The Labute approximate surface area is 111 Å². The van der Waals surface area contributed by atoms with E-state index < -0.39 is 24.1 Å². The van der Waals surface area contributed by atoms with Crippen molar-refractivity contribution in [2.45, 2.75) is 57.8 Å². The Hall–Kier alpha value is -1.72. The molecule has 0 rings (SSSR count). The van der Waals surface area contributed by atoms with E-state index in [0.717, 1.165) is 12.8 Å². The summed E-state index contributed by atoms with van der Waals surface area (Å²) in [4.78, 5) is 42.9. The van der Waals surface area contributed by atoms with Gasteiger partial charge in [0.2, 0.25) is 0 Å². The van der Waals surface area contributed by atoms with Gasteiger partial charge >= 0.3 is 11.9 Å². The van der Waals surface area contributed by atoms with Crippen LogP contribution in [0.15, 0.2) is 0 Å². The third-order valence-electron chi connectivity index (χ3n) is 2.63. The fraction of sp³-hybridized carbons (Fsp3) is 0.692. The number of ketones is 2. The lowest BCUT2D eigenvalue weighted by atomic mass is 10.0. The molecule has 0 unspecified atom stereocenters. The molecule has 0 aliphatic heterocycles. The predicted molar refractivity (Wildman–Crippen MR) is 66.8 cm³/mol. The van der Waals surface area contributed by atoms with Gasteiger partial charge in [-0.05, 0) is 12.8 Å². The molecule has 6 heteroatoms. The monoisotopic (exact) mass is 272 g/mol. The van der Waals surface area contributed by atoms with Crippen molar-refractivity contribution in [3.05, 3.63) is 0 Å². The first kappa shape index (κ1) is 17.3. The van der Waals surface area contributed by atoms with Crippen LogP contribution < -0.4 is 0 Å². The van der Waals surface area contributed by atoms with Gasteiger partial charge in [-0.25, -0.2) is 0 Å². The van der Waals surface area contributed by atoms with Crippen LogP contribution in [-0.2, 0) is 19.2 Å². The van der Waals surface area contributed by atoms with E-state index in [4.69, 9.17) is 10.2 Å². The molecule has 0 atom stereocenters. The van der Waals surface area contributed by atoms with Gasteiger partial charge in [-0.15, -0.1) is 0 Å². The van der Waals surface area contributed by atoms with Gasteiger partial charge in [-0.2, -0.15) is 0 Å². The molecular weight excluding hydrogens is 252 g/mol. The number of carboxylic acids is 2. The molecule has 0 aromatic heterocycles. The van der Waals surface area contributed by atoms with Crippen LogP contribution in [0.1, 0.15) is 57.8 Å². The first-order valence-electron chi connectivity index (χ1n) is 6.39. The van der Waals surface area contributed by atoms with Gasteiger partial charge in [0, 0.05) is 25.7 Å². The quantitative estimate of drug-likeness (QED) is 0.414. The van der Waals surface area contributed by atoms with Crippen LogP contribution in [-0.4, -0.2) is 33.7 Å². The highest BCUT2D eigenvalue weighted by molar-refractivity contribution is 5.96. The molecule has 0 aliphatic carbocycles. The summed E-state index contributed by atoms with van der Waals surface area (Å²) < 4.78 is 0. The van der Waals surface area contributed by atoms with E-state index in [-0.39, 0.29) is 25.0 Å². The van der Waals surface area contributed by atoms with Crippen LogP contribution >= 0.6 is 0 Å². The lowest BCUT2D eigenvalue weighted by molar-refractivity contribution is -0.141. The summed E-state index contributed by atoms with van der Waals surface area (Å²) in [7, 11) is 0. The molecule has 2 N–H and O–H groups in total. The maximum Gasteiger partial charge on any atom is 0.310 e. The number of hydrogen-bond donors (Lipinski definition) is 2. The SMILES string of the molecule is O=C(O)CCCCCCC(=O)CCC(=O)CC(=O)O. The van der Waals surface area contributed by atoms with Crippen LogP contribution in [0.5, 0.6) is 0 Å². The molecule has 0 saturated heterocycles. The van der Waals surface area contributed by atoms with Gasteiger partial charge in [0.05, 0.1) is 0 Å². The summed E-state index contributed by atoms with van der Waals surface area (Å²) in [5, 5.41) is 16.8. The van der Waals surface area contributed by atoms with Crippen LogP contribution in [0.3, 0.4) is 0 Å². The Kier molecular flexibility index (Phi) is 9.30. The first-order valence-corrected chi connectivity index (χ1v) is 6.39. The van der Waals surface area contributed by atoms with Crippen LogP contribution in [0.4, 0.5) is 0 Å². The number of Topliss-reactive ketones (excluding diaryl/α,β-unsaturated/α-hetero) is 2. The molecule has 0 fully saturated rings. The molecule has 0 amide bonds. The molecule has 0 bridgehead atoms. The standard InChI is InChI=1S/C13H20O6/c14-10(7-8-11(15)9-13(18)19)5-3-1-2-4-6-12(16)17/h1-9H2,(H,16,17)(H,18,19). The fourth-order valence-electron chi connectivity index (χ4n) is 1.61. The zero-order valence-electron chi connectivity index (χ0n) is 10.9. The largest absolute Gasteiger partial charge is 0.481 e. The number of hydrogen-bond acceptors (Lipinski definition) is 4. The van der Waals surface area contributed by atoms with Crippen molar-refractivity contribution in [3.63, 3.8) is 0 Å². The van der Waals surface area contributed by atoms with Crippen molar-refractivity contribution in [1.82, 2.24) is 0 Å². The number of carbonyl (C=O) groups excluding carboxylic acids is 2. The summed E-state index contributed by atoms with van der Waals surface area (Å²) >= 11 is 0. The molecular formula is C13H20O6. The van der Waals surface area contributed by atoms with E-state index in [1.165, 1.54) is 0 Å². The number of unbranched alkanes of at least 4 members (excludes halogenated alkanes) is 3.